The van der Waals surface area contributed by atoms with Crippen LogP contribution in [0.3, 0.4) is 0 Å². The highest BCUT2D eigenvalue weighted by Crippen LogP contribution is 2.13. The number of hydrogen-bond donors (Lipinski definition) is 7. The summed E-state index contributed by atoms with van der Waals surface area (Å²) in [5.74, 6) is -4.48. The van der Waals surface area contributed by atoms with Crippen molar-refractivity contribution in [3.8, 4) is 0 Å². The monoisotopic (exact) mass is 742 g/mol. The molecule has 17 heteroatoms. The Morgan fingerprint density at radius 2 is 0.981 bits per heavy atom. The molecule has 0 spiro atoms. The van der Waals surface area contributed by atoms with Crippen LogP contribution in [0, 0.1) is 0 Å². The van der Waals surface area contributed by atoms with E-state index in [-0.39, 0.29) is 82.8 Å². The van der Waals surface area contributed by atoms with Crippen LogP contribution in [-0.2, 0) is 43.0 Å². The number of carboxylic acids is 3. The molecule has 0 bridgehead atoms. The molecule has 0 fully saturated rings. The molecule has 0 aliphatic rings. The molecule has 2 unspecified atom stereocenters. The average Bonchev–Trinajstić information content (AvgIpc) is 3.10. The maximum absolute atomic E-state index is 12.3. The Morgan fingerprint density at radius 1 is 0.481 bits per heavy atom. The van der Waals surface area contributed by atoms with E-state index in [1.165, 1.54) is 12.8 Å². The Labute approximate surface area is 308 Å². The van der Waals surface area contributed by atoms with E-state index >= 15 is 0 Å². The Bertz CT molecular complexity index is 1050. The Kier molecular flexibility index (Phi) is 30.8. The molecule has 0 aromatic carbocycles. The number of aliphatic carboxylic acids is 3. The van der Waals surface area contributed by atoms with Crippen molar-refractivity contribution in [2.24, 2.45) is 0 Å². The molecule has 0 saturated heterocycles. The second-order valence-electron chi connectivity index (χ2n) is 12.8. The molecule has 2 atom stereocenters. The van der Waals surface area contributed by atoms with Gasteiger partial charge in [0.05, 0.1) is 19.8 Å². The first-order valence-electron chi connectivity index (χ1n) is 18.9. The molecule has 0 rings (SSSR count). The van der Waals surface area contributed by atoms with Crippen LogP contribution in [0.15, 0.2) is 0 Å². The van der Waals surface area contributed by atoms with Gasteiger partial charge in [0.15, 0.2) is 0 Å². The van der Waals surface area contributed by atoms with Crippen molar-refractivity contribution in [2.45, 2.75) is 140 Å². The number of rotatable bonds is 36. The molecule has 298 valence electrons. The van der Waals surface area contributed by atoms with Crippen molar-refractivity contribution in [1.29, 1.82) is 0 Å². The molecular formula is C35H63BN4O12. The minimum Gasteiger partial charge on any atom is -0.481 e. The summed E-state index contributed by atoms with van der Waals surface area (Å²) in [6.45, 7) is 0.607. The highest BCUT2D eigenvalue weighted by atomic mass is 16.5. The summed E-state index contributed by atoms with van der Waals surface area (Å²) in [6.07, 6.45) is 14.3. The van der Waals surface area contributed by atoms with Gasteiger partial charge in [-0.1, -0.05) is 64.2 Å². The van der Waals surface area contributed by atoms with Crippen molar-refractivity contribution in [3.63, 3.8) is 0 Å². The van der Waals surface area contributed by atoms with Gasteiger partial charge in [0.25, 0.3) is 0 Å². The van der Waals surface area contributed by atoms with Gasteiger partial charge >= 0.3 is 17.9 Å². The molecule has 0 aliphatic carbocycles. The van der Waals surface area contributed by atoms with Crippen LogP contribution < -0.4 is 21.3 Å². The first kappa shape index (κ1) is 48.3. The third kappa shape index (κ3) is 31.0. The van der Waals surface area contributed by atoms with Crippen molar-refractivity contribution in [2.75, 3.05) is 39.5 Å². The standard InChI is InChI=1S/C35H63BN4O12/c36-25-31(43)37-20-14-13-15-27(34(47)48)40-32(44)26-52-24-23-51-22-21-38-29(41)19-18-28(35(49)50)39-30(42)16-11-9-7-5-3-1-2-4-6-8-10-12-17-33(45)46/h27-28H,1-26,36H2,(H,37,43)(H,38,41)(H,39,42)(H,40,44)(H,45,46)(H,47,48)(H,49,50). The van der Waals surface area contributed by atoms with Gasteiger partial charge < -0.3 is 46.1 Å². The number of unbranched alkanes of at least 4 members (excludes halogenated alkanes) is 12. The number of carboxylic acid groups (broad SMARTS) is 3. The highest BCUT2D eigenvalue weighted by Gasteiger charge is 2.21. The molecule has 7 N–H and O–H groups in total. The predicted octanol–water partition coefficient (Wildman–Crippen LogP) is 1.94. The van der Waals surface area contributed by atoms with Gasteiger partial charge in [-0.2, -0.15) is 0 Å². The molecule has 52 heavy (non-hydrogen) atoms. The lowest BCUT2D eigenvalue weighted by atomic mass is 10.0. The Morgan fingerprint density at radius 3 is 1.54 bits per heavy atom. The first-order valence-corrected chi connectivity index (χ1v) is 18.9. The fourth-order valence-electron chi connectivity index (χ4n) is 5.18. The zero-order valence-electron chi connectivity index (χ0n) is 31.1. The normalized spacial score (nSPS) is 12.0. The van der Waals surface area contributed by atoms with Crippen molar-refractivity contribution in [3.05, 3.63) is 0 Å². The summed E-state index contributed by atoms with van der Waals surface area (Å²) in [5, 5.41) is 37.7. The predicted molar refractivity (Wildman–Crippen MR) is 196 cm³/mol. The molecule has 4 amide bonds. The molecule has 0 aliphatic heterocycles. The van der Waals surface area contributed by atoms with Crippen LogP contribution >= 0.6 is 0 Å². The maximum Gasteiger partial charge on any atom is 0.326 e. The summed E-state index contributed by atoms with van der Waals surface area (Å²) in [7, 11) is 1.74. The van der Waals surface area contributed by atoms with Gasteiger partial charge in [-0.15, -0.1) is 0 Å². The summed E-state index contributed by atoms with van der Waals surface area (Å²) in [5.41, 5.74) is 0. The summed E-state index contributed by atoms with van der Waals surface area (Å²) >= 11 is 0. The second-order valence-corrected chi connectivity index (χ2v) is 12.8. The quantitative estimate of drug-likeness (QED) is 0.0360. The van der Waals surface area contributed by atoms with Crippen molar-refractivity contribution in [1.82, 2.24) is 21.3 Å². The number of carbonyl (C=O) groups excluding carboxylic acids is 4. The van der Waals surface area contributed by atoms with Gasteiger partial charge in [-0.25, -0.2) is 9.59 Å². The van der Waals surface area contributed by atoms with E-state index in [9.17, 15) is 43.8 Å². The van der Waals surface area contributed by atoms with Crippen LogP contribution in [0.4, 0.5) is 0 Å². The number of carbonyl (C=O) groups is 7. The smallest absolute Gasteiger partial charge is 0.326 e. The van der Waals surface area contributed by atoms with Crippen LogP contribution in [0.5, 0.6) is 0 Å². The van der Waals surface area contributed by atoms with Gasteiger partial charge in [0, 0.05) is 32.4 Å². The van der Waals surface area contributed by atoms with Crippen LogP contribution in [0.1, 0.15) is 122 Å². The maximum atomic E-state index is 12.3. The first-order chi connectivity index (χ1) is 25.0. The van der Waals surface area contributed by atoms with E-state index in [0.29, 0.717) is 32.1 Å². The summed E-state index contributed by atoms with van der Waals surface area (Å²) in [6, 6.07) is -2.22. The van der Waals surface area contributed by atoms with Gasteiger partial charge in [0.2, 0.25) is 23.6 Å². The average molecular weight is 743 g/mol. The van der Waals surface area contributed by atoms with Gasteiger partial charge in [-0.3, -0.25) is 24.0 Å². The lowest BCUT2D eigenvalue weighted by Crippen LogP contribution is -2.42. The fraction of sp³-hybridized carbons (Fsp3) is 0.800. The third-order valence-electron chi connectivity index (χ3n) is 8.21. The fourth-order valence-corrected chi connectivity index (χ4v) is 5.18. The minimum absolute atomic E-state index is 0.0497. The molecule has 0 saturated carbocycles. The third-order valence-corrected chi connectivity index (χ3v) is 8.21. The molecule has 0 aromatic heterocycles. The highest BCUT2D eigenvalue weighted by molar-refractivity contribution is 6.19. The van der Waals surface area contributed by atoms with Gasteiger partial charge in [0.1, 0.15) is 26.5 Å². The van der Waals surface area contributed by atoms with Crippen LogP contribution in [0.2, 0.25) is 6.32 Å². The lowest BCUT2D eigenvalue weighted by molar-refractivity contribution is -0.143. The number of amides is 4. The van der Waals surface area contributed by atoms with E-state index in [2.05, 4.69) is 21.3 Å². The van der Waals surface area contributed by atoms with E-state index in [1.807, 2.05) is 0 Å². The Balaban J connectivity index is 3.87. The molecular weight excluding hydrogens is 679 g/mol. The summed E-state index contributed by atoms with van der Waals surface area (Å²) < 4.78 is 10.6. The van der Waals surface area contributed by atoms with Gasteiger partial charge in [-0.05, 0) is 44.8 Å². The largest absolute Gasteiger partial charge is 0.481 e. The second kappa shape index (κ2) is 33.1. The SMILES string of the molecule is BCC(=O)NCCCCC(NC(=O)COCCOCCNC(=O)CCC(NC(=O)CCCCCCCCCCCCCCC(=O)O)C(=O)O)C(=O)O. The number of ether oxygens (including phenoxy) is 2. The van der Waals surface area contributed by atoms with Crippen molar-refractivity contribution >= 4 is 49.4 Å². The zero-order chi connectivity index (χ0) is 38.8. The van der Waals surface area contributed by atoms with Crippen LogP contribution in [-0.4, -0.2) is 116 Å². The minimum atomic E-state index is -1.20. The summed E-state index contributed by atoms with van der Waals surface area (Å²) in [4.78, 5) is 81.2. The molecule has 0 radical (unpaired) electrons. The van der Waals surface area contributed by atoms with E-state index in [4.69, 9.17) is 14.6 Å². The Hall–Kier alpha value is -3.73. The lowest BCUT2D eigenvalue weighted by Gasteiger charge is -2.15. The molecule has 0 aromatic rings. The number of hydrogen-bond acceptors (Lipinski definition) is 9. The molecule has 0 heterocycles. The van der Waals surface area contributed by atoms with E-state index in [0.717, 1.165) is 57.8 Å². The van der Waals surface area contributed by atoms with Crippen molar-refractivity contribution < 1.29 is 58.4 Å². The zero-order valence-corrected chi connectivity index (χ0v) is 31.1. The van der Waals surface area contributed by atoms with E-state index in [1.54, 1.807) is 7.85 Å². The van der Waals surface area contributed by atoms with Crippen LogP contribution in [0.25, 0.3) is 0 Å². The van der Waals surface area contributed by atoms with E-state index < -0.39 is 35.9 Å². The molecule has 16 nitrogen and oxygen atoms in total. The number of nitrogens with one attached hydrogen (secondary N) is 4. The topological polar surface area (TPSA) is 247 Å².